The van der Waals surface area contributed by atoms with Gasteiger partial charge in [-0.25, -0.2) is 8.78 Å². The molecule has 4 nitrogen and oxygen atoms in total. The van der Waals surface area contributed by atoms with Crippen LogP contribution in [0.15, 0.2) is 6.07 Å². The Balaban J connectivity index is 2.15. The lowest BCUT2D eigenvalue weighted by Gasteiger charge is -2.27. The van der Waals surface area contributed by atoms with Crippen molar-refractivity contribution in [2.75, 3.05) is 26.7 Å². The van der Waals surface area contributed by atoms with E-state index >= 15 is 0 Å². The topological polar surface area (TPSA) is 52.6 Å². The number of piperidine rings is 1. The maximum Gasteiger partial charge on any atom is 0.256 e. The smallest absolute Gasteiger partial charge is 0.256 e. The van der Waals surface area contributed by atoms with E-state index in [0.717, 1.165) is 25.9 Å². The van der Waals surface area contributed by atoms with Gasteiger partial charge in [0.25, 0.3) is 5.91 Å². The quantitative estimate of drug-likeness (QED) is 0.838. The highest BCUT2D eigenvalue weighted by Crippen LogP contribution is 2.26. The number of nitrogens with zero attached hydrogens (tertiary/aromatic N) is 1. The highest BCUT2D eigenvalue weighted by molar-refractivity contribution is 5.94. The van der Waals surface area contributed by atoms with Gasteiger partial charge < -0.3 is 15.3 Å². The molecule has 0 radical (unpaired) electrons. The first-order valence-electron chi connectivity index (χ1n) is 6.74. The van der Waals surface area contributed by atoms with Gasteiger partial charge >= 0.3 is 0 Å². The zero-order valence-corrected chi connectivity index (χ0v) is 11.6. The lowest BCUT2D eigenvalue weighted by molar-refractivity contribution is 0.0756. The van der Waals surface area contributed by atoms with Crippen molar-refractivity contribution in [2.24, 2.45) is 5.92 Å². The number of aromatic hydroxyl groups is 1. The van der Waals surface area contributed by atoms with E-state index in [4.69, 9.17) is 5.11 Å². The Morgan fingerprint density at radius 2 is 1.95 bits per heavy atom. The molecule has 1 heterocycles. The molecule has 1 aromatic rings. The highest BCUT2D eigenvalue weighted by atomic mass is 19.2. The van der Waals surface area contributed by atoms with Gasteiger partial charge in [-0.2, -0.15) is 4.39 Å². The van der Waals surface area contributed by atoms with Crippen molar-refractivity contribution in [1.29, 1.82) is 0 Å². The van der Waals surface area contributed by atoms with Crippen LogP contribution in [0.25, 0.3) is 0 Å². The molecule has 1 amide bonds. The number of carbonyl (C=O) groups is 1. The molecule has 7 heteroatoms. The fourth-order valence-electron chi connectivity index (χ4n) is 2.49. The van der Waals surface area contributed by atoms with Crippen molar-refractivity contribution in [3.05, 3.63) is 29.1 Å². The van der Waals surface area contributed by atoms with Gasteiger partial charge in [-0.3, -0.25) is 4.79 Å². The van der Waals surface area contributed by atoms with Crippen LogP contribution >= 0.6 is 0 Å². The maximum absolute atomic E-state index is 13.7. The van der Waals surface area contributed by atoms with Crippen molar-refractivity contribution < 1.29 is 23.1 Å². The summed E-state index contributed by atoms with van der Waals surface area (Å²) in [6.07, 6.45) is 1.78. The summed E-state index contributed by atoms with van der Waals surface area (Å²) in [5.74, 6) is -6.54. The van der Waals surface area contributed by atoms with E-state index in [1.54, 1.807) is 0 Å². The Hall–Kier alpha value is -1.76. The summed E-state index contributed by atoms with van der Waals surface area (Å²) >= 11 is 0. The van der Waals surface area contributed by atoms with E-state index in [2.05, 4.69) is 5.32 Å². The first-order valence-corrected chi connectivity index (χ1v) is 6.74. The van der Waals surface area contributed by atoms with Crippen LogP contribution < -0.4 is 5.32 Å². The molecule has 0 aromatic heterocycles. The average Bonchev–Trinajstić information content (AvgIpc) is 2.49. The Morgan fingerprint density at radius 3 is 2.57 bits per heavy atom. The third kappa shape index (κ3) is 3.29. The summed E-state index contributed by atoms with van der Waals surface area (Å²) in [6.45, 7) is 2.11. The molecule has 0 aliphatic carbocycles. The number of hydrogen-bond acceptors (Lipinski definition) is 3. The second-order valence-corrected chi connectivity index (χ2v) is 5.26. The Labute approximate surface area is 120 Å². The highest BCUT2D eigenvalue weighted by Gasteiger charge is 2.26. The van der Waals surface area contributed by atoms with Gasteiger partial charge in [0.2, 0.25) is 5.82 Å². The summed E-state index contributed by atoms with van der Waals surface area (Å²) in [4.78, 5) is 13.4. The normalized spacial score (nSPS) is 16.0. The van der Waals surface area contributed by atoms with Crippen LogP contribution in [0.5, 0.6) is 5.75 Å². The van der Waals surface area contributed by atoms with E-state index in [-0.39, 0.29) is 5.92 Å². The largest absolute Gasteiger partial charge is 0.503 e. The molecule has 1 aliphatic heterocycles. The number of carbonyl (C=O) groups excluding carboxylic acids is 1. The number of hydrogen-bond donors (Lipinski definition) is 2. The Morgan fingerprint density at radius 1 is 1.33 bits per heavy atom. The van der Waals surface area contributed by atoms with Gasteiger partial charge in [-0.05, 0) is 37.9 Å². The lowest BCUT2D eigenvalue weighted by atomic mass is 9.97. The maximum atomic E-state index is 13.7. The third-order valence-corrected chi connectivity index (χ3v) is 3.70. The van der Waals surface area contributed by atoms with E-state index in [9.17, 15) is 18.0 Å². The van der Waals surface area contributed by atoms with Crippen LogP contribution in [0.2, 0.25) is 0 Å². The number of amides is 1. The van der Waals surface area contributed by atoms with Crippen molar-refractivity contribution >= 4 is 5.91 Å². The Kier molecular flexibility index (Phi) is 4.72. The zero-order valence-electron chi connectivity index (χ0n) is 11.6. The van der Waals surface area contributed by atoms with Gasteiger partial charge in [-0.15, -0.1) is 0 Å². The van der Waals surface area contributed by atoms with Crippen LogP contribution in [0.4, 0.5) is 13.2 Å². The van der Waals surface area contributed by atoms with Crippen molar-refractivity contribution in [1.82, 2.24) is 10.2 Å². The molecule has 1 fully saturated rings. The fraction of sp³-hybridized carbons (Fsp3) is 0.500. The number of phenolic OH excluding ortho intramolecular Hbond substituents is 1. The first-order chi connectivity index (χ1) is 9.91. The van der Waals surface area contributed by atoms with Crippen LogP contribution in [-0.2, 0) is 0 Å². The van der Waals surface area contributed by atoms with Gasteiger partial charge in [-0.1, -0.05) is 0 Å². The number of phenols is 1. The van der Waals surface area contributed by atoms with Crippen molar-refractivity contribution in [2.45, 2.75) is 12.8 Å². The predicted molar refractivity (Wildman–Crippen MR) is 70.5 cm³/mol. The van der Waals surface area contributed by atoms with E-state index < -0.39 is 34.7 Å². The molecule has 0 spiro atoms. The fourth-order valence-corrected chi connectivity index (χ4v) is 2.49. The van der Waals surface area contributed by atoms with Crippen LogP contribution in [0, 0.1) is 23.4 Å². The molecular weight excluding hydrogens is 285 g/mol. The molecule has 0 saturated carbocycles. The molecule has 0 bridgehead atoms. The van der Waals surface area contributed by atoms with E-state index in [1.165, 1.54) is 11.9 Å². The average molecular weight is 302 g/mol. The second-order valence-electron chi connectivity index (χ2n) is 5.26. The number of benzene rings is 1. The Bertz CT molecular complexity index is 546. The minimum atomic E-state index is -1.69. The molecule has 1 aromatic carbocycles. The van der Waals surface area contributed by atoms with Gasteiger partial charge in [0.05, 0.1) is 5.56 Å². The van der Waals surface area contributed by atoms with Crippen molar-refractivity contribution in [3.63, 3.8) is 0 Å². The van der Waals surface area contributed by atoms with Gasteiger partial charge in [0.15, 0.2) is 17.4 Å². The van der Waals surface area contributed by atoms with Crippen LogP contribution in [0.1, 0.15) is 23.2 Å². The summed E-state index contributed by atoms with van der Waals surface area (Å²) in [7, 11) is 1.47. The SMILES string of the molecule is CN(CC1CCNCC1)C(=O)c1cc(F)c(F)c(O)c1F. The third-order valence-electron chi connectivity index (χ3n) is 3.70. The number of rotatable bonds is 3. The van der Waals surface area contributed by atoms with Gasteiger partial charge in [0, 0.05) is 13.6 Å². The minimum absolute atomic E-state index is 0.280. The zero-order chi connectivity index (χ0) is 15.6. The van der Waals surface area contributed by atoms with Crippen LogP contribution in [0.3, 0.4) is 0 Å². The lowest BCUT2D eigenvalue weighted by Crippen LogP contribution is -2.37. The molecule has 0 unspecified atom stereocenters. The molecular formula is C14H17F3N2O2. The van der Waals surface area contributed by atoms with Crippen molar-refractivity contribution in [3.8, 4) is 5.75 Å². The van der Waals surface area contributed by atoms with E-state index in [0.29, 0.717) is 12.6 Å². The number of nitrogens with one attached hydrogen (secondary N) is 1. The molecule has 2 rings (SSSR count). The monoisotopic (exact) mass is 302 g/mol. The molecule has 116 valence electrons. The standard InChI is InChI=1S/C14H17F3N2O2/c1-19(7-8-2-4-18-5-3-8)14(21)9-6-10(15)12(17)13(20)11(9)16/h6,8,18,20H,2-5,7H2,1H3. The molecule has 2 N–H and O–H groups in total. The summed E-state index contributed by atoms with van der Waals surface area (Å²) in [5, 5.41) is 12.3. The molecule has 21 heavy (non-hydrogen) atoms. The second kappa shape index (κ2) is 6.34. The predicted octanol–water partition coefficient (Wildman–Crippen LogP) is 1.88. The summed E-state index contributed by atoms with van der Waals surface area (Å²) < 4.78 is 40.0. The molecule has 0 atom stereocenters. The summed E-state index contributed by atoms with van der Waals surface area (Å²) in [6, 6.07) is 0.478. The first kappa shape index (κ1) is 15.6. The van der Waals surface area contributed by atoms with E-state index in [1.807, 2.05) is 0 Å². The van der Waals surface area contributed by atoms with Gasteiger partial charge in [0.1, 0.15) is 0 Å². The summed E-state index contributed by atoms with van der Waals surface area (Å²) in [5.41, 5.74) is -0.664. The molecule has 1 saturated heterocycles. The minimum Gasteiger partial charge on any atom is -0.503 e. The molecule has 1 aliphatic rings. The van der Waals surface area contributed by atoms with Crippen LogP contribution in [-0.4, -0.2) is 42.6 Å². The number of halogens is 3.